The van der Waals surface area contributed by atoms with Crippen LogP contribution in [0.4, 0.5) is 0 Å². The highest BCUT2D eigenvalue weighted by molar-refractivity contribution is 5.37. The van der Waals surface area contributed by atoms with Crippen LogP contribution in [0.25, 0.3) is 0 Å². The van der Waals surface area contributed by atoms with E-state index in [0.29, 0.717) is 11.1 Å². The average molecular weight is 126 g/mol. The van der Waals surface area contributed by atoms with Crippen molar-refractivity contribution in [3.63, 3.8) is 0 Å². The minimum absolute atomic E-state index is 0.0437. The molecule has 1 rings (SSSR count). The smallest absolute Gasteiger partial charge is 0.293 e. The molecule has 0 aromatic heterocycles. The molecule has 0 aliphatic heterocycles. The van der Waals surface area contributed by atoms with E-state index >= 15 is 0 Å². The van der Waals surface area contributed by atoms with Crippen LogP contribution in [0.3, 0.4) is 0 Å². The molecule has 0 saturated heterocycles. The molecule has 0 unspecified atom stereocenters. The summed E-state index contributed by atoms with van der Waals surface area (Å²) < 4.78 is 29.1. The normalized spacial score (nSPS) is 15.3. The van der Waals surface area contributed by atoms with Gasteiger partial charge in [0.25, 0.3) is 1.43 Å². The highest BCUT2D eigenvalue weighted by Crippen LogP contribution is 2.19. The fourth-order valence-corrected chi connectivity index (χ4v) is 0.614. The lowest BCUT2D eigenvalue weighted by atomic mass is 10.1. The molecule has 1 N–H and O–H groups in total. The lowest BCUT2D eigenvalue weighted by Crippen LogP contribution is -1.76. The number of phenols is 1. The van der Waals surface area contributed by atoms with E-state index in [1.165, 1.54) is 0 Å². The van der Waals surface area contributed by atoms with Gasteiger partial charge in [-0.15, -0.1) is 0 Å². The molecule has 0 amide bonds. The van der Waals surface area contributed by atoms with Crippen LogP contribution in [-0.2, 0) is 0 Å². The van der Waals surface area contributed by atoms with Gasteiger partial charge < -0.3 is 5.11 Å². The highest BCUT2D eigenvalue weighted by Gasteiger charge is 1.95. The van der Waals surface area contributed by atoms with Gasteiger partial charge in [-0.25, -0.2) is 0 Å². The predicted molar refractivity (Wildman–Crippen MR) is 37.6 cm³/mol. The summed E-state index contributed by atoms with van der Waals surface area (Å²) >= 11 is 0. The molecule has 0 atom stereocenters. The van der Waals surface area contributed by atoms with Crippen molar-refractivity contribution < 1.29 is 9.22 Å². The Balaban J connectivity index is 3.56. The zero-order valence-corrected chi connectivity index (χ0v) is 5.41. The van der Waals surface area contributed by atoms with Gasteiger partial charge in [0.2, 0.25) is 0 Å². The quantitative estimate of drug-likeness (QED) is 0.610. The minimum atomic E-state index is -0.115. The van der Waals surface area contributed by atoms with Gasteiger partial charge in [0.05, 0.1) is 4.11 Å². The maximum absolute atomic E-state index is 7.45. The first-order valence-electron chi connectivity index (χ1n) is 4.61. The number of rotatable bonds is 1. The molecule has 0 fully saturated rings. The van der Waals surface area contributed by atoms with E-state index in [1.54, 1.807) is 13.8 Å². The van der Waals surface area contributed by atoms with Crippen LogP contribution in [0, 0.1) is 13.8 Å². The summed E-state index contributed by atoms with van der Waals surface area (Å²) in [5.74, 6) is 0.214. The zero-order chi connectivity index (χ0) is 10.2. The minimum Gasteiger partial charge on any atom is -0.507 e. The molecule has 1 aromatic rings. The van der Waals surface area contributed by atoms with Gasteiger partial charge in [-0.3, -0.25) is 0 Å². The van der Waals surface area contributed by atoms with Crippen LogP contribution in [-0.4, -0.2) is 6.54 Å². The van der Waals surface area contributed by atoms with E-state index in [4.69, 9.17) is 5.54 Å². The van der Waals surface area contributed by atoms with Crippen LogP contribution in [0.5, 0.6) is 5.75 Å². The maximum atomic E-state index is 7.45. The average Bonchev–Trinajstić information content (AvgIpc) is 2.13. The van der Waals surface area contributed by atoms with Crippen molar-refractivity contribution in [2.75, 3.05) is 0 Å². The molecule has 9 heavy (non-hydrogen) atoms. The first kappa shape index (κ1) is 2.74. The third-order valence-electron chi connectivity index (χ3n) is 1.18. The summed E-state index contributed by atoms with van der Waals surface area (Å²) in [5.41, 5.74) is 0.877. The number of hydrogen-bond acceptors (Lipinski definition) is 1. The van der Waals surface area contributed by atoms with Crippen LogP contribution in [0.15, 0.2) is 18.1 Å². The fraction of sp³-hybridized carbons (Fsp3) is 0.250. The summed E-state index contributed by atoms with van der Waals surface area (Å²) in [7, 11) is 0. The molecule has 1 nitrogen and oxygen atoms in total. The molecule has 0 radical (unpaired) electrons. The van der Waals surface area contributed by atoms with Gasteiger partial charge in [-0.05, 0) is 25.0 Å². The molecule has 0 aliphatic rings. The first-order valence-corrected chi connectivity index (χ1v) is 2.70. The van der Waals surface area contributed by atoms with E-state index in [0.717, 1.165) is 0 Å². The summed E-state index contributed by atoms with van der Waals surface area (Å²) in [4.78, 5) is 0. The molecule has 0 spiro atoms. The molecule has 0 aliphatic carbocycles. The lowest BCUT2D eigenvalue weighted by molar-refractivity contribution is 0.467. The second-order valence-electron chi connectivity index (χ2n) is 1.95. The molecular formula is C8H10O. The van der Waals surface area contributed by atoms with Crippen LogP contribution in [0.1, 0.15) is 15.2 Å². The van der Waals surface area contributed by atoms with Gasteiger partial charge in [0.15, 0.2) is 0 Å². The third kappa shape index (κ3) is 1.04. The van der Waals surface area contributed by atoms with E-state index < -0.39 is 0 Å². The predicted octanol–water partition coefficient (Wildman–Crippen LogP) is 2.01. The van der Waals surface area contributed by atoms with Gasteiger partial charge in [0, 0.05) is 0 Å². The van der Waals surface area contributed by atoms with Crippen LogP contribution in [0.2, 0.25) is 0 Å². The Bertz CT molecular complexity index is 319. The summed E-state index contributed by atoms with van der Waals surface area (Å²) in [6.07, 6.45) is 0. The molecule has 0 saturated carbocycles. The highest BCUT2D eigenvalue weighted by atomic mass is 16.3. The Labute approximate surface area is 60.7 Å². The lowest BCUT2D eigenvalue weighted by Gasteiger charge is -1.99. The Morgan fingerprint density at radius 3 is 2.44 bits per heavy atom. The number of hydrogen-bond donors (Lipinski definition) is 1. The number of aromatic hydroxyl groups is 1. The Kier molecular flexibility index (Phi) is 0.637. The van der Waals surface area contributed by atoms with Gasteiger partial charge >= 0.3 is 0 Å². The van der Waals surface area contributed by atoms with Crippen molar-refractivity contribution in [1.82, 2.24) is 0 Å². The van der Waals surface area contributed by atoms with Crippen LogP contribution >= 0.6 is 0 Å². The fourth-order valence-electron chi connectivity index (χ4n) is 0.614. The SMILES string of the molecule is [2H]Oc1c(C)c([2H])c([2H])c([2H])c1C. The summed E-state index contributed by atoms with van der Waals surface area (Å²) in [6.45, 7) is 3.22. The number of phenolic OH excluding ortho intramolecular Hbond substituents is 1. The van der Waals surface area contributed by atoms with Crippen molar-refractivity contribution >= 4 is 0 Å². The van der Waals surface area contributed by atoms with Gasteiger partial charge in [0.1, 0.15) is 5.75 Å². The topological polar surface area (TPSA) is 20.2 Å². The van der Waals surface area contributed by atoms with Gasteiger partial charge in [-0.1, -0.05) is 18.1 Å². The van der Waals surface area contributed by atoms with Crippen molar-refractivity contribution in [2.24, 2.45) is 0 Å². The Hall–Kier alpha value is -0.980. The Morgan fingerprint density at radius 1 is 1.44 bits per heavy atom. The monoisotopic (exact) mass is 126 g/mol. The number of para-hydroxylation sites is 1. The largest absolute Gasteiger partial charge is 0.507 e. The van der Waals surface area contributed by atoms with Crippen LogP contribution < -0.4 is 0 Å². The molecule has 1 heteroatoms. The molecule has 0 heterocycles. The summed E-state index contributed by atoms with van der Waals surface area (Å²) in [6, 6.07) is -0.202. The van der Waals surface area contributed by atoms with E-state index in [9.17, 15) is 0 Å². The van der Waals surface area contributed by atoms with E-state index in [2.05, 4.69) is 5.11 Å². The number of benzene rings is 1. The Morgan fingerprint density at radius 2 is 2.00 bits per heavy atom. The van der Waals surface area contributed by atoms with Crippen molar-refractivity contribution in [2.45, 2.75) is 13.8 Å². The molecule has 0 bridgehead atoms. The second kappa shape index (κ2) is 2.09. The molecule has 1 aromatic carbocycles. The molecule has 48 valence electrons. The van der Waals surface area contributed by atoms with E-state index in [1.807, 2.05) is 0 Å². The maximum Gasteiger partial charge on any atom is 0.293 e. The standard InChI is InChI=1S/C8H10O/c1-6-4-3-5-7(2)8(6)9/h3-5,9H,1-2H3/i3D,4D,5D/hD. The zero-order valence-electron chi connectivity index (χ0n) is 9.41. The third-order valence-corrected chi connectivity index (χ3v) is 1.18. The van der Waals surface area contributed by atoms with Crippen molar-refractivity contribution in [3.8, 4) is 5.75 Å². The summed E-state index contributed by atoms with van der Waals surface area (Å²) in [5, 5.41) is 4.32. The first-order chi connectivity index (χ1) is 6.00. The van der Waals surface area contributed by atoms with Crippen molar-refractivity contribution in [3.05, 3.63) is 29.3 Å². The molecular weight excluding hydrogens is 112 g/mol. The van der Waals surface area contributed by atoms with Gasteiger partial charge in [-0.2, -0.15) is 0 Å². The van der Waals surface area contributed by atoms with Crippen molar-refractivity contribution in [1.29, 1.82) is 1.43 Å². The second-order valence-corrected chi connectivity index (χ2v) is 1.95. The van der Waals surface area contributed by atoms with E-state index in [-0.39, 0.29) is 23.9 Å².